The van der Waals surface area contributed by atoms with Crippen LogP contribution < -0.4 is 0 Å². The van der Waals surface area contributed by atoms with Crippen molar-refractivity contribution in [1.29, 1.82) is 0 Å². The van der Waals surface area contributed by atoms with Gasteiger partial charge in [0.2, 0.25) is 0 Å². The van der Waals surface area contributed by atoms with Crippen LogP contribution in [0.5, 0.6) is 0 Å². The molecule has 1 saturated heterocycles. The third-order valence-corrected chi connectivity index (χ3v) is 3.07. The predicted octanol–water partition coefficient (Wildman–Crippen LogP) is 1.10. The molecular weight excluding hydrogens is 168 g/mol. The summed E-state index contributed by atoms with van der Waals surface area (Å²) in [6, 6.07) is 0. The van der Waals surface area contributed by atoms with Crippen LogP contribution in [0.25, 0.3) is 0 Å². The smallest absolute Gasteiger partial charge is 0.0756 e. The first-order chi connectivity index (χ1) is 6.24. The summed E-state index contributed by atoms with van der Waals surface area (Å²) in [4.78, 5) is 0. The van der Waals surface area contributed by atoms with Gasteiger partial charge in [0.05, 0.1) is 17.8 Å². The molecule has 76 valence electrons. The third kappa shape index (κ3) is 1.87. The summed E-state index contributed by atoms with van der Waals surface area (Å²) in [7, 11) is 0. The molecule has 3 nitrogen and oxygen atoms in total. The Morgan fingerprint density at radius 2 is 2.23 bits per heavy atom. The van der Waals surface area contributed by atoms with E-state index in [0.717, 1.165) is 32.3 Å². The maximum Gasteiger partial charge on any atom is 0.0756 e. The zero-order chi connectivity index (χ0) is 9.31. The Kier molecular flexibility index (Phi) is 2.58. The summed E-state index contributed by atoms with van der Waals surface area (Å²) >= 11 is 0. The molecule has 0 aromatic heterocycles. The highest BCUT2D eigenvalue weighted by Crippen LogP contribution is 2.43. The molecule has 0 aromatic rings. The van der Waals surface area contributed by atoms with E-state index in [2.05, 4.69) is 0 Å². The molecule has 0 aromatic carbocycles. The van der Waals surface area contributed by atoms with Crippen molar-refractivity contribution in [2.45, 2.75) is 50.4 Å². The van der Waals surface area contributed by atoms with Crippen LogP contribution in [-0.2, 0) is 9.47 Å². The highest BCUT2D eigenvalue weighted by molar-refractivity contribution is 5.00. The molecule has 1 aliphatic carbocycles. The van der Waals surface area contributed by atoms with Crippen LogP contribution in [0.15, 0.2) is 0 Å². The van der Waals surface area contributed by atoms with Gasteiger partial charge >= 0.3 is 0 Å². The number of ether oxygens (including phenoxy) is 2. The standard InChI is InChI=1S/C10H18O3/c1-2-12-9-6-10(7-9)5-8(11)3-4-13-10/h8-9,11H,2-7H2,1H3. The van der Waals surface area contributed by atoms with Gasteiger partial charge in [0.1, 0.15) is 0 Å². The van der Waals surface area contributed by atoms with E-state index in [4.69, 9.17) is 9.47 Å². The van der Waals surface area contributed by atoms with Gasteiger partial charge in [0.15, 0.2) is 0 Å². The van der Waals surface area contributed by atoms with E-state index in [1.165, 1.54) is 0 Å². The van der Waals surface area contributed by atoms with Crippen LogP contribution in [0.4, 0.5) is 0 Å². The summed E-state index contributed by atoms with van der Waals surface area (Å²) in [6.07, 6.45) is 3.75. The highest BCUT2D eigenvalue weighted by atomic mass is 16.5. The summed E-state index contributed by atoms with van der Waals surface area (Å²) in [5.41, 5.74) is -0.0303. The van der Waals surface area contributed by atoms with E-state index in [1.54, 1.807) is 0 Å². The number of hydrogen-bond donors (Lipinski definition) is 1. The number of aliphatic hydroxyl groups excluding tert-OH is 1. The fraction of sp³-hybridized carbons (Fsp3) is 1.00. The topological polar surface area (TPSA) is 38.7 Å². The fourth-order valence-electron chi connectivity index (χ4n) is 2.41. The molecule has 1 unspecified atom stereocenters. The monoisotopic (exact) mass is 186 g/mol. The summed E-state index contributed by atoms with van der Waals surface area (Å²) in [5.74, 6) is 0. The number of aliphatic hydroxyl groups is 1. The zero-order valence-electron chi connectivity index (χ0n) is 8.16. The van der Waals surface area contributed by atoms with Gasteiger partial charge in [-0.2, -0.15) is 0 Å². The molecule has 1 heterocycles. The number of rotatable bonds is 2. The molecule has 3 heteroatoms. The van der Waals surface area contributed by atoms with Crippen LogP contribution in [0.1, 0.15) is 32.6 Å². The SMILES string of the molecule is CCOC1CC2(CC(O)CCO2)C1. The molecular formula is C10H18O3. The maximum atomic E-state index is 9.51. The van der Waals surface area contributed by atoms with Crippen molar-refractivity contribution < 1.29 is 14.6 Å². The lowest BCUT2D eigenvalue weighted by Crippen LogP contribution is -2.54. The van der Waals surface area contributed by atoms with E-state index < -0.39 is 0 Å². The normalized spacial score (nSPS) is 44.8. The molecule has 2 aliphatic rings. The molecule has 0 bridgehead atoms. The van der Waals surface area contributed by atoms with Gasteiger partial charge in [-0.25, -0.2) is 0 Å². The Morgan fingerprint density at radius 1 is 1.46 bits per heavy atom. The second-order valence-corrected chi connectivity index (χ2v) is 4.16. The summed E-state index contributed by atoms with van der Waals surface area (Å²) in [5, 5.41) is 9.51. The van der Waals surface area contributed by atoms with Crippen molar-refractivity contribution in [2.24, 2.45) is 0 Å². The first-order valence-corrected chi connectivity index (χ1v) is 5.18. The minimum Gasteiger partial charge on any atom is -0.393 e. The van der Waals surface area contributed by atoms with E-state index in [1.807, 2.05) is 6.92 Å². The lowest BCUT2D eigenvalue weighted by molar-refractivity contribution is -0.207. The molecule has 2 rings (SSSR count). The van der Waals surface area contributed by atoms with Crippen LogP contribution in [-0.4, -0.2) is 36.1 Å². The summed E-state index contributed by atoms with van der Waals surface area (Å²) in [6.45, 7) is 3.50. The molecule has 1 spiro atoms. The Hall–Kier alpha value is -0.120. The third-order valence-electron chi connectivity index (χ3n) is 3.07. The Morgan fingerprint density at radius 3 is 2.85 bits per heavy atom. The largest absolute Gasteiger partial charge is 0.393 e. The van der Waals surface area contributed by atoms with Crippen LogP contribution >= 0.6 is 0 Å². The summed E-state index contributed by atoms with van der Waals surface area (Å²) < 4.78 is 11.2. The lowest BCUT2D eigenvalue weighted by atomic mass is 9.72. The Bertz CT molecular complexity index is 175. The average molecular weight is 186 g/mol. The van der Waals surface area contributed by atoms with Gasteiger partial charge in [0.25, 0.3) is 0 Å². The minimum atomic E-state index is -0.156. The molecule has 1 aliphatic heterocycles. The quantitative estimate of drug-likeness (QED) is 0.701. The zero-order valence-corrected chi connectivity index (χ0v) is 8.16. The van der Waals surface area contributed by atoms with E-state index in [9.17, 15) is 5.11 Å². The van der Waals surface area contributed by atoms with Gasteiger partial charge in [-0.3, -0.25) is 0 Å². The van der Waals surface area contributed by atoms with Crippen molar-refractivity contribution >= 4 is 0 Å². The predicted molar refractivity (Wildman–Crippen MR) is 48.6 cm³/mol. The van der Waals surface area contributed by atoms with Crippen LogP contribution in [0, 0.1) is 0 Å². The molecule has 1 saturated carbocycles. The van der Waals surface area contributed by atoms with Gasteiger partial charge in [-0.05, 0) is 13.3 Å². The molecule has 2 fully saturated rings. The maximum absolute atomic E-state index is 9.51. The van der Waals surface area contributed by atoms with Gasteiger partial charge < -0.3 is 14.6 Å². The van der Waals surface area contributed by atoms with E-state index >= 15 is 0 Å². The van der Waals surface area contributed by atoms with Gasteiger partial charge in [-0.1, -0.05) is 0 Å². The number of hydrogen-bond acceptors (Lipinski definition) is 3. The molecule has 0 amide bonds. The Balaban J connectivity index is 1.81. The fourth-order valence-corrected chi connectivity index (χ4v) is 2.41. The van der Waals surface area contributed by atoms with Gasteiger partial charge in [0, 0.05) is 32.5 Å². The first kappa shape index (κ1) is 9.44. The molecule has 0 radical (unpaired) electrons. The van der Waals surface area contributed by atoms with E-state index in [-0.39, 0.29) is 11.7 Å². The van der Waals surface area contributed by atoms with Crippen molar-refractivity contribution in [3.63, 3.8) is 0 Å². The molecule has 1 N–H and O–H groups in total. The first-order valence-electron chi connectivity index (χ1n) is 5.18. The van der Waals surface area contributed by atoms with Crippen molar-refractivity contribution in [3.8, 4) is 0 Å². The lowest BCUT2D eigenvalue weighted by Gasteiger charge is -2.50. The second-order valence-electron chi connectivity index (χ2n) is 4.16. The second kappa shape index (κ2) is 3.56. The van der Waals surface area contributed by atoms with E-state index in [0.29, 0.717) is 12.7 Å². The Labute approximate surface area is 79.0 Å². The molecule has 1 atom stereocenters. The van der Waals surface area contributed by atoms with Crippen molar-refractivity contribution in [2.75, 3.05) is 13.2 Å². The van der Waals surface area contributed by atoms with Crippen LogP contribution in [0.2, 0.25) is 0 Å². The van der Waals surface area contributed by atoms with Gasteiger partial charge in [-0.15, -0.1) is 0 Å². The average Bonchev–Trinajstić information content (AvgIpc) is 2.02. The minimum absolute atomic E-state index is 0.0303. The molecule has 13 heavy (non-hydrogen) atoms. The van der Waals surface area contributed by atoms with Crippen LogP contribution in [0.3, 0.4) is 0 Å². The van der Waals surface area contributed by atoms with Crippen molar-refractivity contribution in [3.05, 3.63) is 0 Å². The highest BCUT2D eigenvalue weighted by Gasteiger charge is 2.48. The van der Waals surface area contributed by atoms with Crippen molar-refractivity contribution in [1.82, 2.24) is 0 Å².